The molecular formula is C17H17Cl2N5O3. The molecule has 1 aromatic carbocycles. The molecule has 0 saturated heterocycles. The van der Waals surface area contributed by atoms with Gasteiger partial charge in [0.2, 0.25) is 5.91 Å². The lowest BCUT2D eigenvalue weighted by atomic mass is 10.1. The number of benzene rings is 1. The van der Waals surface area contributed by atoms with Gasteiger partial charge in [0.1, 0.15) is 6.54 Å². The maximum Gasteiger partial charge on any atom is 0.332 e. The van der Waals surface area contributed by atoms with Crippen LogP contribution in [0.3, 0.4) is 0 Å². The predicted octanol–water partition coefficient (Wildman–Crippen LogP) is 1.62. The van der Waals surface area contributed by atoms with Crippen molar-refractivity contribution >= 4 is 40.3 Å². The average Bonchev–Trinajstić information content (AvgIpc) is 3.01. The van der Waals surface area contributed by atoms with E-state index in [1.165, 1.54) is 22.5 Å². The summed E-state index contributed by atoms with van der Waals surface area (Å²) < 4.78 is 3.65. The highest BCUT2D eigenvalue weighted by Crippen LogP contribution is 2.25. The van der Waals surface area contributed by atoms with Crippen molar-refractivity contribution in [3.05, 3.63) is 61.0 Å². The molecule has 0 bridgehead atoms. The molecule has 0 aliphatic carbocycles. The Bertz CT molecular complexity index is 1160. The van der Waals surface area contributed by atoms with Gasteiger partial charge in [-0.15, -0.1) is 0 Å². The maximum absolute atomic E-state index is 12.6. The molecule has 0 fully saturated rings. The number of aryl methyl sites for hydroxylation is 2. The fourth-order valence-corrected chi connectivity index (χ4v) is 3.14. The third-order valence-corrected chi connectivity index (χ3v) is 5.06. The zero-order valence-electron chi connectivity index (χ0n) is 14.9. The van der Waals surface area contributed by atoms with Crippen molar-refractivity contribution in [2.45, 2.75) is 19.5 Å². The molecule has 3 rings (SSSR count). The van der Waals surface area contributed by atoms with Crippen LogP contribution in [0.4, 0.5) is 0 Å². The Hall–Kier alpha value is -2.58. The number of amides is 1. The lowest BCUT2D eigenvalue weighted by Crippen LogP contribution is -2.43. The summed E-state index contributed by atoms with van der Waals surface area (Å²) in [6.07, 6.45) is 1.45. The Morgan fingerprint density at radius 1 is 1.22 bits per heavy atom. The number of rotatable bonds is 4. The number of carbonyl (C=O) groups excluding carboxylic acids is 1. The maximum atomic E-state index is 12.6. The van der Waals surface area contributed by atoms with E-state index in [0.717, 1.165) is 10.1 Å². The molecule has 0 radical (unpaired) electrons. The molecule has 0 aliphatic heterocycles. The van der Waals surface area contributed by atoms with Gasteiger partial charge in [0.05, 0.1) is 22.4 Å². The summed E-state index contributed by atoms with van der Waals surface area (Å²) in [4.78, 5) is 41.6. The first kappa shape index (κ1) is 19.2. The van der Waals surface area contributed by atoms with E-state index in [0.29, 0.717) is 10.0 Å². The lowest BCUT2D eigenvalue weighted by Gasteiger charge is -2.16. The Balaban J connectivity index is 1.88. The largest absolute Gasteiger partial charge is 0.348 e. The van der Waals surface area contributed by atoms with Gasteiger partial charge in [-0.05, 0) is 24.6 Å². The summed E-state index contributed by atoms with van der Waals surface area (Å²) in [6, 6.07) is 4.65. The van der Waals surface area contributed by atoms with Gasteiger partial charge in [-0.2, -0.15) is 0 Å². The van der Waals surface area contributed by atoms with Gasteiger partial charge in [0.25, 0.3) is 5.56 Å². The van der Waals surface area contributed by atoms with Gasteiger partial charge in [-0.25, -0.2) is 14.3 Å². The summed E-state index contributed by atoms with van der Waals surface area (Å²) in [5.74, 6) is -0.478. The first-order chi connectivity index (χ1) is 12.7. The Kier molecular flexibility index (Phi) is 5.12. The van der Waals surface area contributed by atoms with Crippen LogP contribution in [0.15, 0.2) is 34.1 Å². The Morgan fingerprint density at radius 2 is 1.93 bits per heavy atom. The van der Waals surface area contributed by atoms with Crippen molar-refractivity contribution in [2.24, 2.45) is 14.1 Å². The number of aromatic nitrogens is 4. The second kappa shape index (κ2) is 7.21. The second-order valence-corrected chi connectivity index (χ2v) is 7.04. The molecule has 2 heterocycles. The van der Waals surface area contributed by atoms with Crippen molar-refractivity contribution in [3.8, 4) is 0 Å². The van der Waals surface area contributed by atoms with Crippen molar-refractivity contribution in [2.75, 3.05) is 0 Å². The summed E-state index contributed by atoms with van der Waals surface area (Å²) in [6.45, 7) is 1.36. The Morgan fingerprint density at radius 3 is 2.59 bits per heavy atom. The summed E-state index contributed by atoms with van der Waals surface area (Å²) >= 11 is 11.9. The van der Waals surface area contributed by atoms with Crippen molar-refractivity contribution in [3.63, 3.8) is 0 Å². The van der Waals surface area contributed by atoms with Crippen LogP contribution < -0.4 is 16.6 Å². The molecule has 1 atom stereocenters. The molecule has 0 spiro atoms. The minimum Gasteiger partial charge on any atom is -0.348 e. The predicted molar refractivity (Wildman–Crippen MR) is 103 cm³/mol. The summed E-state index contributed by atoms with van der Waals surface area (Å²) in [5, 5.41) is 3.54. The minimum atomic E-state index is -0.608. The molecule has 3 aromatic rings. The molecule has 8 nitrogen and oxygen atoms in total. The third kappa shape index (κ3) is 3.50. The molecule has 2 aromatic heterocycles. The number of nitrogens with zero attached hydrogens (tertiary/aromatic N) is 4. The molecule has 142 valence electrons. The van der Waals surface area contributed by atoms with E-state index in [4.69, 9.17) is 23.2 Å². The third-order valence-electron chi connectivity index (χ3n) is 4.32. The molecule has 1 N–H and O–H groups in total. The van der Waals surface area contributed by atoms with Gasteiger partial charge in [0, 0.05) is 14.1 Å². The fourth-order valence-electron chi connectivity index (χ4n) is 2.83. The number of imidazole rings is 1. The van der Waals surface area contributed by atoms with Crippen LogP contribution in [0.5, 0.6) is 0 Å². The van der Waals surface area contributed by atoms with E-state index >= 15 is 0 Å². The number of nitrogens with one attached hydrogen (secondary N) is 1. The molecular weight excluding hydrogens is 393 g/mol. The number of hydrogen-bond acceptors (Lipinski definition) is 4. The molecule has 0 aliphatic rings. The second-order valence-electron chi connectivity index (χ2n) is 6.22. The number of carbonyl (C=O) groups is 1. The highest BCUT2D eigenvalue weighted by Gasteiger charge is 2.18. The first-order valence-electron chi connectivity index (χ1n) is 8.06. The van der Waals surface area contributed by atoms with Crippen LogP contribution in [0.25, 0.3) is 11.2 Å². The van der Waals surface area contributed by atoms with E-state index in [9.17, 15) is 14.4 Å². The SMILES string of the molecule is C[C@H](NC(=O)Cn1c(=O)c2c(ncn2C)n(C)c1=O)c1ccc(Cl)c(Cl)c1. The molecule has 0 unspecified atom stereocenters. The van der Waals surface area contributed by atoms with Crippen LogP contribution in [0.1, 0.15) is 18.5 Å². The fraction of sp³-hybridized carbons (Fsp3) is 0.294. The monoisotopic (exact) mass is 409 g/mol. The van der Waals surface area contributed by atoms with Crippen LogP contribution >= 0.6 is 23.2 Å². The zero-order chi connectivity index (χ0) is 19.9. The van der Waals surface area contributed by atoms with Crippen molar-refractivity contribution < 1.29 is 4.79 Å². The number of halogens is 2. The Labute approximate surface area is 163 Å². The number of hydrogen-bond donors (Lipinski definition) is 1. The molecule has 1 amide bonds. The lowest BCUT2D eigenvalue weighted by molar-refractivity contribution is -0.122. The highest BCUT2D eigenvalue weighted by molar-refractivity contribution is 6.42. The van der Waals surface area contributed by atoms with Gasteiger partial charge in [-0.1, -0.05) is 29.3 Å². The van der Waals surface area contributed by atoms with E-state index in [1.54, 1.807) is 32.2 Å². The van der Waals surface area contributed by atoms with Gasteiger partial charge < -0.3 is 9.88 Å². The molecule has 10 heteroatoms. The van der Waals surface area contributed by atoms with Crippen LogP contribution in [0.2, 0.25) is 10.0 Å². The molecule has 0 saturated carbocycles. The first-order valence-corrected chi connectivity index (χ1v) is 8.81. The standard InChI is InChI=1S/C17H17Cl2N5O3/c1-9(10-4-5-11(18)12(19)6-10)21-13(25)7-24-16(26)14-15(20-8-22(14)2)23(3)17(24)27/h4-6,8-9H,7H2,1-3H3,(H,21,25)/t9-/m0/s1. The van der Waals surface area contributed by atoms with Crippen molar-refractivity contribution in [1.29, 1.82) is 0 Å². The van der Waals surface area contributed by atoms with Crippen LogP contribution in [-0.2, 0) is 25.4 Å². The zero-order valence-corrected chi connectivity index (χ0v) is 16.4. The topological polar surface area (TPSA) is 90.9 Å². The van der Waals surface area contributed by atoms with Gasteiger partial charge in [-0.3, -0.25) is 14.2 Å². The molecule has 27 heavy (non-hydrogen) atoms. The smallest absolute Gasteiger partial charge is 0.332 e. The van der Waals surface area contributed by atoms with Crippen LogP contribution in [-0.4, -0.2) is 24.6 Å². The summed E-state index contributed by atoms with van der Waals surface area (Å²) in [7, 11) is 3.15. The van der Waals surface area contributed by atoms with E-state index in [-0.39, 0.29) is 17.2 Å². The highest BCUT2D eigenvalue weighted by atomic mass is 35.5. The average molecular weight is 410 g/mol. The van der Waals surface area contributed by atoms with Crippen LogP contribution in [0, 0.1) is 0 Å². The van der Waals surface area contributed by atoms with E-state index in [1.807, 2.05) is 0 Å². The summed E-state index contributed by atoms with van der Waals surface area (Å²) in [5.41, 5.74) is 0.102. The minimum absolute atomic E-state index is 0.252. The number of fused-ring (bicyclic) bond motifs is 1. The normalized spacial score (nSPS) is 12.3. The van der Waals surface area contributed by atoms with Crippen molar-refractivity contribution in [1.82, 2.24) is 24.0 Å². The quantitative estimate of drug-likeness (QED) is 0.708. The van der Waals surface area contributed by atoms with E-state index < -0.39 is 23.7 Å². The van der Waals surface area contributed by atoms with Gasteiger partial charge >= 0.3 is 5.69 Å². The van der Waals surface area contributed by atoms with E-state index in [2.05, 4.69) is 10.3 Å². The van der Waals surface area contributed by atoms with Gasteiger partial charge in [0.15, 0.2) is 11.2 Å².